The van der Waals surface area contributed by atoms with Gasteiger partial charge in [0.15, 0.2) is 0 Å². The van der Waals surface area contributed by atoms with Gasteiger partial charge in [-0.15, -0.1) is 0 Å². The Morgan fingerprint density at radius 1 is 1.21 bits per heavy atom. The topological polar surface area (TPSA) is 55.2 Å². The molecule has 0 spiro atoms. The van der Waals surface area contributed by atoms with E-state index in [-0.39, 0.29) is 10.6 Å². The number of halogens is 2. The van der Waals surface area contributed by atoms with Gasteiger partial charge in [0.2, 0.25) is 0 Å². The molecule has 0 heterocycles. The number of nitro groups is 1. The molecule has 0 bridgehead atoms. The second-order valence-electron chi connectivity index (χ2n) is 3.90. The van der Waals surface area contributed by atoms with Crippen LogP contribution in [0.2, 0.25) is 0 Å². The third-order valence-corrected chi connectivity index (χ3v) is 3.75. The van der Waals surface area contributed by atoms with E-state index >= 15 is 0 Å². The molecule has 0 saturated carbocycles. The number of hydrogen-bond donors (Lipinski definition) is 1. The maximum Gasteiger partial charge on any atom is 0.293 e. The van der Waals surface area contributed by atoms with Crippen LogP contribution < -0.4 is 5.32 Å². The van der Waals surface area contributed by atoms with Crippen LogP contribution in [0, 0.1) is 13.7 Å². The Balaban J connectivity index is 2.15. The van der Waals surface area contributed by atoms with E-state index in [0.29, 0.717) is 12.2 Å². The molecule has 6 heteroatoms. The summed E-state index contributed by atoms with van der Waals surface area (Å²) >= 11 is 5.43. The van der Waals surface area contributed by atoms with Gasteiger partial charge in [0.1, 0.15) is 5.69 Å². The van der Waals surface area contributed by atoms with Crippen LogP contribution in [0.5, 0.6) is 0 Å². The normalized spacial score (nSPS) is 10.2. The van der Waals surface area contributed by atoms with Crippen molar-refractivity contribution in [1.29, 1.82) is 0 Å². The van der Waals surface area contributed by atoms with E-state index in [1.54, 1.807) is 12.1 Å². The minimum absolute atomic E-state index is 0.101. The summed E-state index contributed by atoms with van der Waals surface area (Å²) in [6.45, 7) is 0.550. The Morgan fingerprint density at radius 2 is 1.89 bits per heavy atom. The average molecular weight is 433 g/mol. The zero-order valence-electron chi connectivity index (χ0n) is 9.77. The summed E-state index contributed by atoms with van der Waals surface area (Å²) < 4.78 is 1.86. The fourth-order valence-corrected chi connectivity index (χ4v) is 2.34. The van der Waals surface area contributed by atoms with Crippen molar-refractivity contribution in [2.24, 2.45) is 0 Å². The van der Waals surface area contributed by atoms with Crippen molar-refractivity contribution in [3.63, 3.8) is 0 Å². The SMILES string of the molecule is O=[N+]([O-])c1cc(I)ccc1NCc1ccc(Br)cc1. The van der Waals surface area contributed by atoms with Crippen LogP contribution in [0.25, 0.3) is 0 Å². The number of nitrogens with one attached hydrogen (secondary N) is 1. The Bertz CT molecular complexity index is 602. The quantitative estimate of drug-likeness (QED) is 0.437. The number of hydrogen-bond acceptors (Lipinski definition) is 3. The van der Waals surface area contributed by atoms with E-state index < -0.39 is 0 Å². The average Bonchev–Trinajstić information content (AvgIpc) is 2.39. The zero-order valence-corrected chi connectivity index (χ0v) is 13.5. The van der Waals surface area contributed by atoms with Gasteiger partial charge in [-0.2, -0.15) is 0 Å². The molecule has 2 aromatic rings. The van der Waals surface area contributed by atoms with Gasteiger partial charge in [-0.25, -0.2) is 0 Å². The largest absolute Gasteiger partial charge is 0.375 e. The van der Waals surface area contributed by atoms with Gasteiger partial charge in [0.25, 0.3) is 5.69 Å². The molecule has 0 aliphatic rings. The molecule has 2 aromatic carbocycles. The maximum absolute atomic E-state index is 11.0. The van der Waals surface area contributed by atoms with E-state index in [2.05, 4.69) is 43.8 Å². The lowest BCUT2D eigenvalue weighted by molar-refractivity contribution is -0.384. The first-order valence-electron chi connectivity index (χ1n) is 5.48. The van der Waals surface area contributed by atoms with Crippen molar-refractivity contribution in [3.05, 3.63) is 66.2 Å². The van der Waals surface area contributed by atoms with Crippen LogP contribution in [-0.2, 0) is 6.54 Å². The molecule has 4 nitrogen and oxygen atoms in total. The molecule has 0 radical (unpaired) electrons. The Hall–Kier alpha value is -1.15. The maximum atomic E-state index is 11.0. The molecule has 0 saturated heterocycles. The van der Waals surface area contributed by atoms with Crippen molar-refractivity contribution in [1.82, 2.24) is 0 Å². The Morgan fingerprint density at radius 3 is 2.53 bits per heavy atom. The van der Waals surface area contributed by atoms with Crippen LogP contribution in [0.3, 0.4) is 0 Å². The van der Waals surface area contributed by atoms with Gasteiger partial charge in [-0.05, 0) is 52.4 Å². The summed E-state index contributed by atoms with van der Waals surface area (Å²) in [5, 5.41) is 14.1. The fourth-order valence-electron chi connectivity index (χ4n) is 1.60. The number of rotatable bonds is 4. The molecule has 0 amide bonds. The van der Waals surface area contributed by atoms with Crippen LogP contribution in [0.1, 0.15) is 5.56 Å². The van der Waals surface area contributed by atoms with Gasteiger partial charge in [0, 0.05) is 20.7 Å². The minimum Gasteiger partial charge on any atom is -0.375 e. The number of nitrogens with zero attached hydrogens (tertiary/aromatic N) is 1. The van der Waals surface area contributed by atoms with Crippen LogP contribution in [0.15, 0.2) is 46.9 Å². The summed E-state index contributed by atoms with van der Waals surface area (Å²) in [6.07, 6.45) is 0. The predicted molar refractivity (Wildman–Crippen MR) is 87.3 cm³/mol. The fraction of sp³-hybridized carbons (Fsp3) is 0.0769. The lowest BCUT2D eigenvalue weighted by atomic mass is 10.2. The molecule has 0 aromatic heterocycles. The Labute approximate surface area is 132 Å². The van der Waals surface area contributed by atoms with Crippen molar-refractivity contribution in [3.8, 4) is 0 Å². The summed E-state index contributed by atoms with van der Waals surface area (Å²) in [4.78, 5) is 10.6. The standard InChI is InChI=1S/C13H10BrIN2O2/c14-10-3-1-9(2-4-10)8-16-12-6-5-11(15)7-13(12)17(18)19/h1-7,16H,8H2. The molecule has 0 aliphatic carbocycles. The lowest BCUT2D eigenvalue weighted by Gasteiger charge is -2.07. The smallest absolute Gasteiger partial charge is 0.293 e. The molecular weight excluding hydrogens is 423 g/mol. The minimum atomic E-state index is -0.369. The number of benzene rings is 2. The number of anilines is 1. The molecule has 98 valence electrons. The zero-order chi connectivity index (χ0) is 13.8. The van der Waals surface area contributed by atoms with Crippen LogP contribution >= 0.6 is 38.5 Å². The Kier molecular flexibility index (Phi) is 4.76. The molecule has 1 N–H and O–H groups in total. The van der Waals surface area contributed by atoms with Crippen molar-refractivity contribution >= 4 is 49.9 Å². The summed E-state index contributed by atoms with van der Waals surface area (Å²) in [7, 11) is 0. The molecule has 0 aliphatic heterocycles. The first kappa shape index (κ1) is 14.3. The molecule has 0 unspecified atom stereocenters. The first-order valence-corrected chi connectivity index (χ1v) is 7.35. The molecule has 0 atom stereocenters. The second-order valence-corrected chi connectivity index (χ2v) is 6.06. The highest BCUT2D eigenvalue weighted by Gasteiger charge is 2.13. The van der Waals surface area contributed by atoms with E-state index in [1.807, 2.05) is 30.3 Å². The first-order chi connectivity index (χ1) is 9.06. The van der Waals surface area contributed by atoms with E-state index in [4.69, 9.17) is 0 Å². The monoisotopic (exact) mass is 432 g/mol. The number of nitro benzene ring substituents is 1. The van der Waals surface area contributed by atoms with E-state index in [9.17, 15) is 10.1 Å². The van der Waals surface area contributed by atoms with Gasteiger partial charge in [-0.1, -0.05) is 28.1 Å². The second kappa shape index (κ2) is 6.33. The van der Waals surface area contributed by atoms with Gasteiger partial charge in [0.05, 0.1) is 4.92 Å². The highest BCUT2D eigenvalue weighted by molar-refractivity contribution is 14.1. The van der Waals surface area contributed by atoms with Gasteiger partial charge in [-0.3, -0.25) is 10.1 Å². The van der Waals surface area contributed by atoms with E-state index in [1.165, 1.54) is 0 Å². The molecule has 19 heavy (non-hydrogen) atoms. The lowest BCUT2D eigenvalue weighted by Crippen LogP contribution is -2.02. The summed E-state index contributed by atoms with van der Waals surface area (Å²) in [5.41, 5.74) is 1.70. The molecular formula is C13H10BrIN2O2. The highest BCUT2D eigenvalue weighted by Crippen LogP contribution is 2.26. The van der Waals surface area contributed by atoms with Crippen molar-refractivity contribution < 1.29 is 4.92 Å². The van der Waals surface area contributed by atoms with Crippen LogP contribution in [-0.4, -0.2) is 4.92 Å². The summed E-state index contributed by atoms with van der Waals surface area (Å²) in [6, 6.07) is 13.0. The van der Waals surface area contributed by atoms with Crippen LogP contribution in [0.4, 0.5) is 11.4 Å². The van der Waals surface area contributed by atoms with Gasteiger partial charge < -0.3 is 5.32 Å². The summed E-state index contributed by atoms with van der Waals surface area (Å²) in [5.74, 6) is 0. The predicted octanol–water partition coefficient (Wildman–Crippen LogP) is 4.57. The molecule has 2 rings (SSSR count). The van der Waals surface area contributed by atoms with Crippen molar-refractivity contribution in [2.45, 2.75) is 6.54 Å². The van der Waals surface area contributed by atoms with E-state index in [0.717, 1.165) is 13.6 Å². The van der Waals surface area contributed by atoms with Crippen molar-refractivity contribution in [2.75, 3.05) is 5.32 Å². The van der Waals surface area contributed by atoms with Gasteiger partial charge >= 0.3 is 0 Å². The molecule has 0 fully saturated rings. The highest BCUT2D eigenvalue weighted by atomic mass is 127. The third-order valence-electron chi connectivity index (χ3n) is 2.55. The third kappa shape index (κ3) is 3.90.